The average Bonchev–Trinajstić information content (AvgIpc) is 2.44. The van der Waals surface area contributed by atoms with E-state index in [4.69, 9.17) is 10.2 Å². The van der Waals surface area contributed by atoms with E-state index in [0.717, 1.165) is 5.56 Å². The first-order valence-corrected chi connectivity index (χ1v) is 6.77. The normalized spacial score (nSPS) is 11.6. The van der Waals surface area contributed by atoms with Gasteiger partial charge in [-0.3, -0.25) is 9.59 Å². The number of hydrogen-bond donors (Lipinski definition) is 3. The molecule has 114 valence electrons. The van der Waals surface area contributed by atoms with E-state index in [-0.39, 0.29) is 31.6 Å². The Labute approximate surface area is 122 Å². The largest absolute Gasteiger partial charge is 0.481 e. The molecule has 6 nitrogen and oxygen atoms in total. The SMILES string of the molecule is O=C(O)CCC[C@@H](NC(=O)CCc1ccccc1)C(=O)O. The van der Waals surface area contributed by atoms with Gasteiger partial charge >= 0.3 is 11.9 Å². The zero-order valence-electron chi connectivity index (χ0n) is 11.6. The van der Waals surface area contributed by atoms with Crippen molar-refractivity contribution >= 4 is 17.8 Å². The highest BCUT2D eigenvalue weighted by atomic mass is 16.4. The fraction of sp³-hybridized carbons (Fsp3) is 0.400. The molecule has 1 atom stereocenters. The number of hydrogen-bond acceptors (Lipinski definition) is 3. The molecule has 1 aromatic carbocycles. The number of rotatable bonds is 9. The molecular formula is C15H19NO5. The van der Waals surface area contributed by atoms with E-state index in [1.807, 2.05) is 30.3 Å². The highest BCUT2D eigenvalue weighted by Gasteiger charge is 2.19. The van der Waals surface area contributed by atoms with E-state index >= 15 is 0 Å². The van der Waals surface area contributed by atoms with Crippen molar-refractivity contribution < 1.29 is 24.6 Å². The summed E-state index contributed by atoms with van der Waals surface area (Å²) >= 11 is 0. The first-order valence-electron chi connectivity index (χ1n) is 6.77. The van der Waals surface area contributed by atoms with Crippen molar-refractivity contribution in [2.75, 3.05) is 0 Å². The van der Waals surface area contributed by atoms with Crippen LogP contribution in [-0.4, -0.2) is 34.1 Å². The lowest BCUT2D eigenvalue weighted by molar-refractivity contribution is -0.142. The number of aliphatic carboxylic acids is 2. The van der Waals surface area contributed by atoms with Gasteiger partial charge in [0.2, 0.25) is 5.91 Å². The summed E-state index contributed by atoms with van der Waals surface area (Å²) in [5.74, 6) is -2.47. The molecule has 0 aliphatic heterocycles. The minimum atomic E-state index is -1.14. The molecule has 0 fully saturated rings. The van der Waals surface area contributed by atoms with Gasteiger partial charge in [-0.05, 0) is 24.8 Å². The standard InChI is InChI=1S/C15H19NO5/c17-13(10-9-11-5-2-1-3-6-11)16-12(15(20)21)7-4-8-14(18)19/h1-3,5-6,12H,4,7-10H2,(H,16,17)(H,18,19)(H,20,21)/t12-/m1/s1. The smallest absolute Gasteiger partial charge is 0.326 e. The van der Waals surface area contributed by atoms with Gasteiger partial charge < -0.3 is 15.5 Å². The lowest BCUT2D eigenvalue weighted by Crippen LogP contribution is -2.40. The van der Waals surface area contributed by atoms with Gasteiger partial charge in [0.25, 0.3) is 0 Å². The van der Waals surface area contributed by atoms with Gasteiger partial charge in [0.05, 0.1) is 0 Å². The molecule has 0 spiro atoms. The van der Waals surface area contributed by atoms with Crippen LogP contribution in [0.4, 0.5) is 0 Å². The van der Waals surface area contributed by atoms with Crippen LogP contribution in [0.25, 0.3) is 0 Å². The van der Waals surface area contributed by atoms with Gasteiger partial charge in [0.15, 0.2) is 0 Å². The summed E-state index contributed by atoms with van der Waals surface area (Å²) in [7, 11) is 0. The molecular weight excluding hydrogens is 274 g/mol. The van der Waals surface area contributed by atoms with Crippen LogP contribution >= 0.6 is 0 Å². The number of carboxylic acid groups (broad SMARTS) is 2. The van der Waals surface area contributed by atoms with Crippen LogP contribution in [0.2, 0.25) is 0 Å². The summed E-state index contributed by atoms with van der Waals surface area (Å²) < 4.78 is 0. The van der Waals surface area contributed by atoms with E-state index in [1.165, 1.54) is 0 Å². The van der Waals surface area contributed by atoms with Crippen molar-refractivity contribution in [1.29, 1.82) is 0 Å². The monoisotopic (exact) mass is 293 g/mol. The summed E-state index contributed by atoms with van der Waals surface area (Å²) in [5, 5.41) is 20.0. The maximum atomic E-state index is 11.7. The van der Waals surface area contributed by atoms with E-state index in [1.54, 1.807) is 0 Å². The molecule has 1 rings (SSSR count). The second-order valence-electron chi connectivity index (χ2n) is 4.73. The highest BCUT2D eigenvalue weighted by molar-refractivity contribution is 5.83. The highest BCUT2D eigenvalue weighted by Crippen LogP contribution is 2.05. The van der Waals surface area contributed by atoms with Gasteiger partial charge in [0.1, 0.15) is 6.04 Å². The summed E-state index contributed by atoms with van der Waals surface area (Å²) in [6.45, 7) is 0. The molecule has 0 heterocycles. The predicted octanol–water partition coefficient (Wildman–Crippen LogP) is 1.44. The Morgan fingerprint density at radius 1 is 1.05 bits per heavy atom. The fourth-order valence-electron chi connectivity index (χ4n) is 1.88. The van der Waals surface area contributed by atoms with E-state index in [2.05, 4.69) is 5.32 Å². The molecule has 0 radical (unpaired) electrons. The Morgan fingerprint density at radius 3 is 2.29 bits per heavy atom. The van der Waals surface area contributed by atoms with Crippen LogP contribution in [0.1, 0.15) is 31.2 Å². The molecule has 1 amide bonds. The molecule has 0 aliphatic rings. The van der Waals surface area contributed by atoms with Crippen molar-refractivity contribution in [3.8, 4) is 0 Å². The third-order valence-electron chi connectivity index (χ3n) is 3.00. The fourth-order valence-corrected chi connectivity index (χ4v) is 1.88. The molecule has 0 bridgehead atoms. The molecule has 21 heavy (non-hydrogen) atoms. The summed E-state index contributed by atoms with van der Waals surface area (Å²) in [5.41, 5.74) is 1.01. The third-order valence-corrected chi connectivity index (χ3v) is 3.00. The first-order chi connectivity index (χ1) is 9.99. The van der Waals surface area contributed by atoms with Gasteiger partial charge in [0, 0.05) is 12.8 Å². The van der Waals surface area contributed by atoms with Crippen LogP contribution in [0, 0.1) is 0 Å². The summed E-state index contributed by atoms with van der Waals surface area (Å²) in [6.07, 6.45) is 0.953. The van der Waals surface area contributed by atoms with Crippen molar-refractivity contribution in [3.63, 3.8) is 0 Å². The third kappa shape index (κ3) is 7.10. The molecule has 0 unspecified atom stereocenters. The Kier molecular flexibility index (Phi) is 6.94. The van der Waals surface area contributed by atoms with Crippen molar-refractivity contribution in [3.05, 3.63) is 35.9 Å². The number of carboxylic acids is 2. The summed E-state index contributed by atoms with van der Waals surface area (Å²) in [6, 6.07) is 8.39. The molecule has 3 N–H and O–H groups in total. The molecule has 6 heteroatoms. The van der Waals surface area contributed by atoms with Crippen LogP contribution in [0.3, 0.4) is 0 Å². The van der Waals surface area contributed by atoms with Gasteiger partial charge in [-0.1, -0.05) is 30.3 Å². The number of aryl methyl sites for hydroxylation is 1. The molecule has 1 aromatic rings. The minimum Gasteiger partial charge on any atom is -0.481 e. The first kappa shape index (κ1) is 16.7. The predicted molar refractivity (Wildman–Crippen MR) is 75.8 cm³/mol. The number of carbonyl (C=O) groups is 3. The van der Waals surface area contributed by atoms with Gasteiger partial charge in [-0.25, -0.2) is 4.79 Å². The minimum absolute atomic E-state index is 0.107. The van der Waals surface area contributed by atoms with E-state index in [0.29, 0.717) is 6.42 Å². The van der Waals surface area contributed by atoms with Crippen LogP contribution in [0.15, 0.2) is 30.3 Å². The van der Waals surface area contributed by atoms with Crippen molar-refractivity contribution in [2.24, 2.45) is 0 Å². The lowest BCUT2D eigenvalue weighted by Gasteiger charge is -2.14. The van der Waals surface area contributed by atoms with Gasteiger partial charge in [-0.2, -0.15) is 0 Å². The number of carbonyl (C=O) groups excluding carboxylic acids is 1. The average molecular weight is 293 g/mol. The topological polar surface area (TPSA) is 104 Å². The van der Waals surface area contributed by atoms with Crippen molar-refractivity contribution in [2.45, 2.75) is 38.1 Å². The van der Waals surface area contributed by atoms with Crippen molar-refractivity contribution in [1.82, 2.24) is 5.32 Å². The van der Waals surface area contributed by atoms with Crippen LogP contribution in [0.5, 0.6) is 0 Å². The molecule has 0 aromatic heterocycles. The lowest BCUT2D eigenvalue weighted by atomic mass is 10.1. The molecule has 0 aliphatic carbocycles. The number of nitrogens with one attached hydrogen (secondary N) is 1. The Morgan fingerprint density at radius 2 is 1.71 bits per heavy atom. The Balaban J connectivity index is 2.38. The van der Waals surface area contributed by atoms with Crippen LogP contribution < -0.4 is 5.32 Å². The molecule has 0 saturated carbocycles. The molecule has 0 saturated heterocycles. The van der Waals surface area contributed by atoms with E-state index < -0.39 is 18.0 Å². The number of benzene rings is 1. The second kappa shape index (κ2) is 8.73. The summed E-state index contributed by atoms with van der Waals surface area (Å²) in [4.78, 5) is 33.2. The number of amides is 1. The van der Waals surface area contributed by atoms with Crippen LogP contribution in [-0.2, 0) is 20.8 Å². The maximum absolute atomic E-state index is 11.7. The maximum Gasteiger partial charge on any atom is 0.326 e. The zero-order chi connectivity index (χ0) is 15.7. The zero-order valence-corrected chi connectivity index (χ0v) is 11.6. The van der Waals surface area contributed by atoms with E-state index in [9.17, 15) is 14.4 Å². The second-order valence-corrected chi connectivity index (χ2v) is 4.73. The quantitative estimate of drug-likeness (QED) is 0.639. The Hall–Kier alpha value is -2.37. The Bertz CT molecular complexity index is 486. The van der Waals surface area contributed by atoms with Gasteiger partial charge in [-0.15, -0.1) is 0 Å².